The van der Waals surface area contributed by atoms with Crippen LogP contribution in [0.2, 0.25) is 0 Å². The molecule has 0 radical (unpaired) electrons. The number of carbonyl (C=O) groups is 2. The lowest BCUT2D eigenvalue weighted by atomic mass is 9.92. The average molecular weight is 448 g/mol. The second kappa shape index (κ2) is 11.3. The molecule has 172 valence electrons. The highest BCUT2D eigenvalue weighted by Gasteiger charge is 2.27. The third-order valence-corrected chi connectivity index (χ3v) is 5.16. The maximum absolute atomic E-state index is 12.8. The molecule has 0 aliphatic carbocycles. The predicted molar refractivity (Wildman–Crippen MR) is 127 cm³/mol. The maximum Gasteiger partial charge on any atom is 0.340 e. The summed E-state index contributed by atoms with van der Waals surface area (Å²) in [5.74, 6) is -0.343. The van der Waals surface area contributed by atoms with Gasteiger partial charge in [0.25, 0.3) is 0 Å². The Morgan fingerprint density at radius 3 is 1.85 bits per heavy atom. The highest BCUT2D eigenvalue weighted by Crippen LogP contribution is 2.33. The van der Waals surface area contributed by atoms with E-state index in [2.05, 4.69) is 17.1 Å². The van der Waals surface area contributed by atoms with Crippen LogP contribution in [0.15, 0.2) is 54.6 Å². The molecule has 0 unspecified atom stereocenters. The Morgan fingerprint density at radius 1 is 0.788 bits per heavy atom. The molecule has 0 atom stereocenters. The zero-order chi connectivity index (χ0) is 23.8. The zero-order valence-electron chi connectivity index (χ0n) is 19.5. The summed E-state index contributed by atoms with van der Waals surface area (Å²) in [4.78, 5) is 30.0. The van der Waals surface area contributed by atoms with Crippen molar-refractivity contribution in [3.05, 3.63) is 82.7 Å². The number of ether oxygens (including phenoxy) is 3. The molecule has 0 bridgehead atoms. The Kier molecular flexibility index (Phi) is 8.19. The lowest BCUT2D eigenvalue weighted by Gasteiger charge is -2.18. The van der Waals surface area contributed by atoms with Gasteiger partial charge in [0, 0.05) is 12.0 Å². The van der Waals surface area contributed by atoms with Gasteiger partial charge in [0.15, 0.2) is 0 Å². The summed E-state index contributed by atoms with van der Waals surface area (Å²) in [7, 11) is 0. The summed E-state index contributed by atoms with van der Waals surface area (Å²) in [5, 5.41) is 0. The molecule has 3 aromatic rings. The number of hydrogen-bond acceptors (Lipinski definition) is 6. The number of esters is 2. The first kappa shape index (κ1) is 24.0. The van der Waals surface area contributed by atoms with Crippen molar-refractivity contribution in [2.75, 3.05) is 19.8 Å². The van der Waals surface area contributed by atoms with Crippen LogP contribution in [0.1, 0.15) is 51.5 Å². The van der Waals surface area contributed by atoms with Gasteiger partial charge in [-0.25, -0.2) is 9.59 Å². The van der Waals surface area contributed by atoms with Gasteiger partial charge in [-0.2, -0.15) is 0 Å². The first-order chi connectivity index (χ1) is 16.0. The second-order valence-corrected chi connectivity index (χ2v) is 7.46. The number of aryl methyl sites for hydroxylation is 2. The predicted octanol–water partition coefficient (Wildman–Crippen LogP) is 5.34. The summed E-state index contributed by atoms with van der Waals surface area (Å²) < 4.78 is 16.4. The SMILES string of the molecule is CCOC(=O)c1c(C)nc(C)c(C(=O)OCC)c1-c1ccc(OCCc2ccccc2)cc1. The minimum atomic E-state index is -0.522. The van der Waals surface area contributed by atoms with Crippen molar-refractivity contribution in [3.63, 3.8) is 0 Å². The fourth-order valence-electron chi connectivity index (χ4n) is 3.69. The molecule has 0 aliphatic rings. The smallest absolute Gasteiger partial charge is 0.340 e. The van der Waals surface area contributed by atoms with Gasteiger partial charge >= 0.3 is 11.9 Å². The van der Waals surface area contributed by atoms with E-state index in [-0.39, 0.29) is 24.3 Å². The van der Waals surface area contributed by atoms with Crippen LogP contribution in [0.3, 0.4) is 0 Å². The fraction of sp³-hybridized carbons (Fsp3) is 0.296. The molecule has 33 heavy (non-hydrogen) atoms. The molecular weight excluding hydrogens is 418 g/mol. The Morgan fingerprint density at radius 2 is 1.33 bits per heavy atom. The van der Waals surface area contributed by atoms with E-state index in [0.717, 1.165) is 6.42 Å². The van der Waals surface area contributed by atoms with Crippen molar-refractivity contribution in [2.24, 2.45) is 0 Å². The van der Waals surface area contributed by atoms with Gasteiger partial charge in [-0.1, -0.05) is 42.5 Å². The van der Waals surface area contributed by atoms with Crippen LogP contribution < -0.4 is 4.74 Å². The first-order valence-electron chi connectivity index (χ1n) is 11.1. The Labute approximate surface area is 194 Å². The third-order valence-electron chi connectivity index (χ3n) is 5.16. The van der Waals surface area contributed by atoms with Gasteiger partial charge in [-0.05, 0) is 51.0 Å². The Hall–Kier alpha value is -3.67. The molecule has 2 aromatic carbocycles. The van der Waals surface area contributed by atoms with Gasteiger partial charge in [0.2, 0.25) is 0 Å². The van der Waals surface area contributed by atoms with Crippen molar-refractivity contribution >= 4 is 11.9 Å². The van der Waals surface area contributed by atoms with Crippen molar-refractivity contribution in [1.29, 1.82) is 0 Å². The first-order valence-corrected chi connectivity index (χ1v) is 11.1. The molecule has 1 aromatic heterocycles. The molecule has 0 saturated heterocycles. The van der Waals surface area contributed by atoms with Crippen molar-refractivity contribution in [2.45, 2.75) is 34.1 Å². The lowest BCUT2D eigenvalue weighted by Crippen LogP contribution is -2.17. The van der Waals surface area contributed by atoms with E-state index in [1.807, 2.05) is 42.5 Å². The average Bonchev–Trinajstić information content (AvgIpc) is 2.80. The molecule has 0 aliphatic heterocycles. The van der Waals surface area contributed by atoms with Gasteiger partial charge in [0.1, 0.15) is 5.75 Å². The quantitative estimate of drug-likeness (QED) is 0.412. The van der Waals surface area contributed by atoms with Crippen LogP contribution in [0.25, 0.3) is 11.1 Å². The Bertz CT molecular complexity index is 1070. The summed E-state index contributed by atoms with van der Waals surface area (Å²) >= 11 is 0. The third kappa shape index (κ3) is 5.77. The largest absolute Gasteiger partial charge is 0.493 e. The van der Waals surface area contributed by atoms with E-state index in [1.165, 1.54) is 5.56 Å². The van der Waals surface area contributed by atoms with E-state index in [9.17, 15) is 9.59 Å². The molecule has 0 amide bonds. The molecule has 6 nitrogen and oxygen atoms in total. The number of pyridine rings is 1. The number of carbonyl (C=O) groups excluding carboxylic acids is 2. The van der Waals surface area contributed by atoms with Gasteiger partial charge in [-0.3, -0.25) is 4.98 Å². The molecular formula is C27H29NO5. The standard InChI is InChI=1S/C27H29NO5/c1-5-31-26(29)23-18(3)28-19(4)24(27(30)32-6-2)25(23)21-12-14-22(15-13-21)33-17-16-20-10-8-7-9-11-20/h7-15H,5-6,16-17H2,1-4H3. The molecule has 0 saturated carbocycles. The second-order valence-electron chi connectivity index (χ2n) is 7.46. The molecule has 0 spiro atoms. The van der Waals surface area contributed by atoms with E-state index in [4.69, 9.17) is 14.2 Å². The van der Waals surface area contributed by atoms with Crippen LogP contribution in [0.5, 0.6) is 5.75 Å². The normalized spacial score (nSPS) is 10.5. The number of aromatic nitrogens is 1. The van der Waals surface area contributed by atoms with Gasteiger partial charge in [-0.15, -0.1) is 0 Å². The Balaban J connectivity index is 1.95. The molecule has 0 fully saturated rings. The zero-order valence-corrected chi connectivity index (χ0v) is 19.5. The van der Waals surface area contributed by atoms with Crippen LogP contribution in [-0.4, -0.2) is 36.7 Å². The monoisotopic (exact) mass is 447 g/mol. The van der Waals surface area contributed by atoms with Crippen molar-refractivity contribution in [1.82, 2.24) is 4.98 Å². The van der Waals surface area contributed by atoms with Gasteiger partial charge < -0.3 is 14.2 Å². The van der Waals surface area contributed by atoms with Crippen LogP contribution in [0.4, 0.5) is 0 Å². The fourth-order valence-corrected chi connectivity index (χ4v) is 3.69. The highest BCUT2D eigenvalue weighted by atomic mass is 16.5. The van der Waals surface area contributed by atoms with E-state index >= 15 is 0 Å². The molecule has 6 heteroatoms. The lowest BCUT2D eigenvalue weighted by molar-refractivity contribution is 0.0525. The summed E-state index contributed by atoms with van der Waals surface area (Å²) in [6.45, 7) is 7.92. The van der Waals surface area contributed by atoms with Crippen molar-refractivity contribution in [3.8, 4) is 16.9 Å². The summed E-state index contributed by atoms with van der Waals surface area (Å²) in [6, 6.07) is 17.4. The number of nitrogens with zero attached hydrogens (tertiary/aromatic N) is 1. The number of benzene rings is 2. The summed E-state index contributed by atoms with van der Waals surface area (Å²) in [5.41, 5.74) is 3.88. The number of rotatable bonds is 9. The maximum atomic E-state index is 12.8. The van der Waals surface area contributed by atoms with E-state index < -0.39 is 11.9 Å². The molecule has 3 rings (SSSR count). The minimum Gasteiger partial charge on any atom is -0.493 e. The van der Waals surface area contributed by atoms with Crippen molar-refractivity contribution < 1.29 is 23.8 Å². The number of hydrogen-bond donors (Lipinski definition) is 0. The minimum absolute atomic E-state index is 0.217. The summed E-state index contributed by atoms with van der Waals surface area (Å²) in [6.07, 6.45) is 0.797. The van der Waals surface area contributed by atoms with Crippen LogP contribution in [-0.2, 0) is 15.9 Å². The van der Waals surface area contributed by atoms with E-state index in [0.29, 0.717) is 34.9 Å². The van der Waals surface area contributed by atoms with E-state index in [1.54, 1.807) is 27.7 Å². The van der Waals surface area contributed by atoms with Gasteiger partial charge in [0.05, 0.1) is 42.3 Å². The van der Waals surface area contributed by atoms with Crippen LogP contribution in [0, 0.1) is 13.8 Å². The molecule has 1 heterocycles. The molecule has 0 N–H and O–H groups in total. The van der Waals surface area contributed by atoms with Crippen LogP contribution >= 0.6 is 0 Å². The highest BCUT2D eigenvalue weighted by molar-refractivity contribution is 6.07. The topological polar surface area (TPSA) is 74.7 Å².